The molecular formula is C15H29N3. The molecule has 18 heavy (non-hydrogen) atoms. The fourth-order valence-corrected chi connectivity index (χ4v) is 3.86. The van der Waals surface area contributed by atoms with Gasteiger partial charge in [0.1, 0.15) is 0 Å². The molecule has 0 aromatic heterocycles. The zero-order chi connectivity index (χ0) is 12.9. The highest BCUT2D eigenvalue weighted by Gasteiger charge is 2.50. The van der Waals surface area contributed by atoms with Gasteiger partial charge in [-0.2, -0.15) is 0 Å². The van der Waals surface area contributed by atoms with Crippen molar-refractivity contribution in [2.75, 3.05) is 39.3 Å². The summed E-state index contributed by atoms with van der Waals surface area (Å²) in [6.07, 6.45) is 1.44. The first-order valence-electron chi connectivity index (χ1n) is 7.71. The highest BCUT2D eigenvalue weighted by Crippen LogP contribution is 2.41. The van der Waals surface area contributed by atoms with Gasteiger partial charge in [0.15, 0.2) is 0 Å². The summed E-state index contributed by atoms with van der Waals surface area (Å²) in [5.41, 5.74) is 0.669. The predicted octanol–water partition coefficient (Wildman–Crippen LogP) is 1.50. The number of hydrogen-bond acceptors (Lipinski definition) is 3. The normalized spacial score (nSPS) is 30.3. The minimum atomic E-state index is 0.669. The molecule has 3 heterocycles. The van der Waals surface area contributed by atoms with Crippen LogP contribution in [-0.2, 0) is 0 Å². The van der Waals surface area contributed by atoms with E-state index in [2.05, 4.69) is 42.4 Å². The van der Waals surface area contributed by atoms with Gasteiger partial charge in [-0.15, -0.1) is 0 Å². The van der Waals surface area contributed by atoms with Gasteiger partial charge < -0.3 is 0 Å². The van der Waals surface area contributed by atoms with E-state index in [4.69, 9.17) is 0 Å². The maximum atomic E-state index is 2.77. The molecule has 104 valence electrons. The molecule has 0 aromatic rings. The monoisotopic (exact) mass is 251 g/mol. The van der Waals surface area contributed by atoms with Crippen molar-refractivity contribution in [2.45, 2.75) is 52.2 Å². The van der Waals surface area contributed by atoms with E-state index in [1.54, 1.807) is 0 Å². The lowest BCUT2D eigenvalue weighted by Crippen LogP contribution is -2.63. The molecule has 3 fully saturated rings. The average Bonchev–Trinajstić information content (AvgIpc) is 2.56. The highest BCUT2D eigenvalue weighted by molar-refractivity contribution is 5.05. The molecule has 3 aliphatic rings. The van der Waals surface area contributed by atoms with Crippen molar-refractivity contribution in [3.63, 3.8) is 0 Å². The molecule has 1 spiro atoms. The summed E-state index contributed by atoms with van der Waals surface area (Å²) < 4.78 is 0. The number of likely N-dealkylation sites (tertiary alicyclic amines) is 3. The molecule has 3 rings (SSSR count). The summed E-state index contributed by atoms with van der Waals surface area (Å²) in [6.45, 7) is 17.3. The Morgan fingerprint density at radius 1 is 0.889 bits per heavy atom. The third kappa shape index (κ3) is 2.10. The number of hydrogen-bond donors (Lipinski definition) is 0. The zero-order valence-electron chi connectivity index (χ0n) is 12.5. The van der Waals surface area contributed by atoms with Crippen LogP contribution in [0.2, 0.25) is 0 Å². The molecule has 3 saturated heterocycles. The number of nitrogens with zero attached hydrogens (tertiary/aromatic N) is 3. The van der Waals surface area contributed by atoms with Crippen molar-refractivity contribution in [1.29, 1.82) is 0 Å². The molecule has 0 amide bonds. The fraction of sp³-hybridized carbons (Fsp3) is 1.00. The van der Waals surface area contributed by atoms with Gasteiger partial charge in [-0.05, 0) is 40.7 Å². The van der Waals surface area contributed by atoms with Crippen LogP contribution in [0, 0.1) is 5.41 Å². The zero-order valence-corrected chi connectivity index (χ0v) is 12.5. The average molecular weight is 251 g/mol. The predicted molar refractivity (Wildman–Crippen MR) is 75.8 cm³/mol. The Balaban J connectivity index is 1.46. The SMILES string of the molecule is CC(C)N1CC(N2CCC3(CN(C(C)C)C3)C2)C1. The van der Waals surface area contributed by atoms with Gasteiger partial charge in [0, 0.05) is 56.3 Å². The summed E-state index contributed by atoms with van der Waals surface area (Å²) in [5.74, 6) is 0. The molecule has 3 heteroatoms. The molecule has 3 nitrogen and oxygen atoms in total. The molecule has 0 bridgehead atoms. The van der Waals surface area contributed by atoms with Crippen LogP contribution in [0.1, 0.15) is 34.1 Å². The van der Waals surface area contributed by atoms with E-state index in [-0.39, 0.29) is 0 Å². The topological polar surface area (TPSA) is 9.72 Å². The smallest absolute Gasteiger partial charge is 0.0350 e. The van der Waals surface area contributed by atoms with Crippen LogP contribution < -0.4 is 0 Å². The third-order valence-electron chi connectivity index (χ3n) is 5.41. The molecular weight excluding hydrogens is 222 g/mol. The van der Waals surface area contributed by atoms with Crippen molar-refractivity contribution < 1.29 is 0 Å². The van der Waals surface area contributed by atoms with Crippen molar-refractivity contribution in [3.05, 3.63) is 0 Å². The van der Waals surface area contributed by atoms with Crippen molar-refractivity contribution in [2.24, 2.45) is 5.41 Å². The lowest BCUT2D eigenvalue weighted by Gasteiger charge is -2.52. The minimum Gasteiger partial charge on any atom is -0.300 e. The van der Waals surface area contributed by atoms with Crippen molar-refractivity contribution in [3.8, 4) is 0 Å². The standard InChI is InChI=1S/C15H29N3/c1-12(2)17-7-14(8-17)16-6-5-15(9-16)10-18(11-15)13(3)4/h12-14H,5-11H2,1-4H3. The second kappa shape index (κ2) is 4.46. The van der Waals surface area contributed by atoms with Crippen LogP contribution in [0.3, 0.4) is 0 Å². The first-order valence-corrected chi connectivity index (χ1v) is 7.71. The summed E-state index contributed by atoms with van der Waals surface area (Å²) >= 11 is 0. The largest absolute Gasteiger partial charge is 0.300 e. The Kier molecular flexibility index (Phi) is 3.20. The Morgan fingerprint density at radius 3 is 2.06 bits per heavy atom. The molecule has 0 aromatic carbocycles. The Labute approximate surface area is 112 Å². The molecule has 0 N–H and O–H groups in total. The second-order valence-corrected chi connectivity index (χ2v) is 7.42. The van der Waals surface area contributed by atoms with E-state index in [1.807, 2.05) is 0 Å². The van der Waals surface area contributed by atoms with Gasteiger partial charge in [-0.3, -0.25) is 14.7 Å². The van der Waals surface area contributed by atoms with E-state index in [0.29, 0.717) is 5.41 Å². The van der Waals surface area contributed by atoms with E-state index in [0.717, 1.165) is 18.1 Å². The highest BCUT2D eigenvalue weighted by atomic mass is 15.4. The Hall–Kier alpha value is -0.120. The summed E-state index contributed by atoms with van der Waals surface area (Å²) in [5, 5.41) is 0. The molecule has 0 atom stereocenters. The third-order valence-corrected chi connectivity index (χ3v) is 5.41. The molecule has 0 aliphatic carbocycles. The number of rotatable bonds is 3. The summed E-state index contributed by atoms with van der Waals surface area (Å²) in [7, 11) is 0. The van der Waals surface area contributed by atoms with Gasteiger partial charge in [0.2, 0.25) is 0 Å². The van der Waals surface area contributed by atoms with Gasteiger partial charge in [-0.1, -0.05) is 0 Å². The first kappa shape index (κ1) is 12.9. The van der Waals surface area contributed by atoms with Gasteiger partial charge in [0.25, 0.3) is 0 Å². The van der Waals surface area contributed by atoms with Crippen LogP contribution in [-0.4, -0.2) is 72.1 Å². The quantitative estimate of drug-likeness (QED) is 0.752. The van der Waals surface area contributed by atoms with Crippen molar-refractivity contribution in [1.82, 2.24) is 14.7 Å². The van der Waals surface area contributed by atoms with Crippen LogP contribution in [0.4, 0.5) is 0 Å². The van der Waals surface area contributed by atoms with E-state index < -0.39 is 0 Å². The van der Waals surface area contributed by atoms with Crippen LogP contribution in [0.25, 0.3) is 0 Å². The Bertz CT molecular complexity index is 301. The molecule has 3 aliphatic heterocycles. The Morgan fingerprint density at radius 2 is 1.50 bits per heavy atom. The second-order valence-electron chi connectivity index (χ2n) is 7.42. The van der Waals surface area contributed by atoms with Gasteiger partial charge >= 0.3 is 0 Å². The molecule has 0 saturated carbocycles. The van der Waals surface area contributed by atoms with Crippen LogP contribution >= 0.6 is 0 Å². The summed E-state index contributed by atoms with van der Waals surface area (Å²) in [4.78, 5) is 8.00. The minimum absolute atomic E-state index is 0.669. The van der Waals surface area contributed by atoms with E-state index in [9.17, 15) is 0 Å². The van der Waals surface area contributed by atoms with Crippen LogP contribution in [0.5, 0.6) is 0 Å². The lowest BCUT2D eigenvalue weighted by atomic mass is 9.78. The first-order chi connectivity index (χ1) is 8.49. The maximum absolute atomic E-state index is 2.77. The van der Waals surface area contributed by atoms with Crippen molar-refractivity contribution >= 4 is 0 Å². The molecule has 0 radical (unpaired) electrons. The fourth-order valence-electron chi connectivity index (χ4n) is 3.86. The van der Waals surface area contributed by atoms with E-state index >= 15 is 0 Å². The molecule has 0 unspecified atom stereocenters. The van der Waals surface area contributed by atoms with E-state index in [1.165, 1.54) is 45.7 Å². The van der Waals surface area contributed by atoms with Gasteiger partial charge in [0.05, 0.1) is 0 Å². The maximum Gasteiger partial charge on any atom is 0.0350 e. The lowest BCUT2D eigenvalue weighted by molar-refractivity contribution is -0.0304. The summed E-state index contributed by atoms with van der Waals surface area (Å²) in [6, 6.07) is 2.34. The van der Waals surface area contributed by atoms with Crippen LogP contribution in [0.15, 0.2) is 0 Å². The van der Waals surface area contributed by atoms with Gasteiger partial charge in [-0.25, -0.2) is 0 Å².